The summed E-state index contributed by atoms with van der Waals surface area (Å²) in [4.78, 5) is 9.29. The van der Waals surface area contributed by atoms with Gasteiger partial charge in [-0.25, -0.2) is 4.98 Å². The van der Waals surface area contributed by atoms with Crippen LogP contribution >= 0.6 is 0 Å². The first-order valence-electron chi connectivity index (χ1n) is 11.5. The number of benzene rings is 5. The number of nitrogens with zero attached hydrogens (tertiary/aromatic N) is 2. The quantitative estimate of drug-likeness (QED) is 0.281. The highest BCUT2D eigenvalue weighted by Gasteiger charge is 2.21. The van der Waals surface area contributed by atoms with E-state index in [1.165, 1.54) is 44.2 Å². The van der Waals surface area contributed by atoms with Crippen LogP contribution in [0.15, 0.2) is 122 Å². The van der Waals surface area contributed by atoms with Crippen LogP contribution in [0.25, 0.3) is 66.7 Å². The van der Waals surface area contributed by atoms with Gasteiger partial charge < -0.3 is 0 Å². The second kappa shape index (κ2) is 7.50. The SMILES string of the molecule is c1ccc(-c2cncc(-c3ccc(-c4cc5c6c(cccc6c4)-c4ccccc4-5)cc3)n2)cc1. The molecule has 0 spiro atoms. The molecule has 1 aliphatic carbocycles. The molecular formula is C32H20N2. The zero-order chi connectivity index (χ0) is 22.5. The minimum atomic E-state index is 0.878. The van der Waals surface area contributed by atoms with Gasteiger partial charge in [-0.3, -0.25) is 4.98 Å². The third-order valence-electron chi connectivity index (χ3n) is 6.70. The molecule has 34 heavy (non-hydrogen) atoms. The Labute approximate surface area is 198 Å². The molecule has 1 heterocycles. The van der Waals surface area contributed by atoms with E-state index in [0.717, 1.165) is 22.5 Å². The van der Waals surface area contributed by atoms with Crippen molar-refractivity contribution in [1.29, 1.82) is 0 Å². The van der Waals surface area contributed by atoms with E-state index in [4.69, 9.17) is 4.98 Å². The first-order chi connectivity index (χ1) is 16.8. The Balaban J connectivity index is 1.29. The fourth-order valence-corrected chi connectivity index (χ4v) is 5.07. The van der Waals surface area contributed by atoms with E-state index in [9.17, 15) is 0 Å². The molecule has 0 saturated carbocycles. The molecule has 0 fully saturated rings. The van der Waals surface area contributed by atoms with E-state index in [1.807, 2.05) is 30.6 Å². The third kappa shape index (κ3) is 2.96. The average molecular weight is 433 g/mol. The lowest BCUT2D eigenvalue weighted by Gasteiger charge is -2.09. The van der Waals surface area contributed by atoms with Gasteiger partial charge in [-0.2, -0.15) is 0 Å². The molecule has 0 amide bonds. The molecule has 0 aliphatic heterocycles. The molecule has 0 atom stereocenters. The second-order valence-corrected chi connectivity index (χ2v) is 8.71. The smallest absolute Gasteiger partial charge is 0.0892 e. The molecule has 1 aliphatic rings. The van der Waals surface area contributed by atoms with Gasteiger partial charge in [-0.1, -0.05) is 97.1 Å². The predicted molar refractivity (Wildman–Crippen MR) is 140 cm³/mol. The number of hydrogen-bond donors (Lipinski definition) is 0. The van der Waals surface area contributed by atoms with Crippen LogP contribution in [0, 0.1) is 0 Å². The highest BCUT2D eigenvalue weighted by Crippen LogP contribution is 2.48. The van der Waals surface area contributed by atoms with Crippen molar-refractivity contribution < 1.29 is 0 Å². The van der Waals surface area contributed by atoms with Crippen molar-refractivity contribution in [1.82, 2.24) is 9.97 Å². The summed E-state index contributed by atoms with van der Waals surface area (Å²) >= 11 is 0. The number of aromatic nitrogens is 2. The maximum atomic E-state index is 4.85. The summed E-state index contributed by atoms with van der Waals surface area (Å²) in [6, 6.07) is 38.8. The zero-order valence-electron chi connectivity index (χ0n) is 18.4. The first kappa shape index (κ1) is 19.0. The molecule has 0 radical (unpaired) electrons. The summed E-state index contributed by atoms with van der Waals surface area (Å²) < 4.78 is 0. The van der Waals surface area contributed by atoms with Crippen LogP contribution in [0.2, 0.25) is 0 Å². The van der Waals surface area contributed by atoms with Crippen molar-refractivity contribution in [2.75, 3.05) is 0 Å². The lowest BCUT2D eigenvalue weighted by molar-refractivity contribution is 1.21. The Morgan fingerprint density at radius 2 is 1.03 bits per heavy atom. The molecule has 2 heteroatoms. The van der Waals surface area contributed by atoms with Crippen molar-refractivity contribution in [3.63, 3.8) is 0 Å². The minimum Gasteiger partial charge on any atom is -0.260 e. The molecule has 0 N–H and O–H groups in total. The van der Waals surface area contributed by atoms with Crippen LogP contribution in [-0.4, -0.2) is 9.97 Å². The summed E-state index contributed by atoms with van der Waals surface area (Å²) in [5.41, 5.74) is 11.6. The molecule has 158 valence electrons. The van der Waals surface area contributed by atoms with Crippen molar-refractivity contribution >= 4 is 10.8 Å². The molecule has 5 aromatic carbocycles. The highest BCUT2D eigenvalue weighted by molar-refractivity contribution is 6.16. The standard InChI is InChI=1S/C32H20N2/c1-2-7-22(8-3-1)30-19-33-20-31(34-30)23-15-13-21(14-16-23)25-17-24-9-6-12-28-26-10-4-5-11-27(26)29(18-25)32(24)28/h1-20H. The third-order valence-corrected chi connectivity index (χ3v) is 6.70. The Morgan fingerprint density at radius 1 is 0.412 bits per heavy atom. The Kier molecular flexibility index (Phi) is 4.18. The molecule has 7 rings (SSSR count). The van der Waals surface area contributed by atoms with Crippen LogP contribution < -0.4 is 0 Å². The average Bonchev–Trinajstić information content (AvgIpc) is 3.24. The van der Waals surface area contributed by atoms with Crippen molar-refractivity contribution in [2.45, 2.75) is 0 Å². The van der Waals surface area contributed by atoms with Gasteiger partial charge in [-0.15, -0.1) is 0 Å². The van der Waals surface area contributed by atoms with Gasteiger partial charge in [0.25, 0.3) is 0 Å². The van der Waals surface area contributed by atoms with Gasteiger partial charge in [-0.05, 0) is 56.3 Å². The van der Waals surface area contributed by atoms with Gasteiger partial charge in [0.15, 0.2) is 0 Å². The van der Waals surface area contributed by atoms with Gasteiger partial charge in [0.2, 0.25) is 0 Å². The van der Waals surface area contributed by atoms with E-state index in [1.54, 1.807) is 0 Å². The van der Waals surface area contributed by atoms with Crippen molar-refractivity contribution in [3.05, 3.63) is 122 Å². The summed E-state index contributed by atoms with van der Waals surface area (Å²) in [7, 11) is 0. The minimum absolute atomic E-state index is 0.878. The Hall–Kier alpha value is -4.56. The van der Waals surface area contributed by atoms with E-state index < -0.39 is 0 Å². The van der Waals surface area contributed by atoms with Crippen molar-refractivity contribution in [3.8, 4) is 55.9 Å². The lowest BCUT2D eigenvalue weighted by atomic mass is 9.95. The van der Waals surface area contributed by atoms with Gasteiger partial charge in [0.05, 0.1) is 23.8 Å². The Morgan fingerprint density at radius 3 is 1.79 bits per heavy atom. The molecule has 0 saturated heterocycles. The number of hydrogen-bond acceptors (Lipinski definition) is 2. The molecule has 1 aromatic heterocycles. The topological polar surface area (TPSA) is 25.8 Å². The summed E-state index contributed by atoms with van der Waals surface area (Å²) in [6.07, 6.45) is 3.65. The predicted octanol–water partition coefficient (Wildman–Crippen LogP) is 8.28. The van der Waals surface area contributed by atoms with Crippen LogP contribution in [0.5, 0.6) is 0 Å². The van der Waals surface area contributed by atoms with E-state index in [2.05, 4.69) is 96.0 Å². The molecule has 0 unspecified atom stereocenters. The van der Waals surface area contributed by atoms with Crippen LogP contribution in [-0.2, 0) is 0 Å². The fraction of sp³-hybridized carbons (Fsp3) is 0. The lowest BCUT2D eigenvalue weighted by Crippen LogP contribution is -1.90. The van der Waals surface area contributed by atoms with Crippen LogP contribution in [0.4, 0.5) is 0 Å². The summed E-state index contributed by atoms with van der Waals surface area (Å²) in [5, 5.41) is 2.64. The van der Waals surface area contributed by atoms with E-state index in [0.29, 0.717) is 0 Å². The number of rotatable bonds is 3. The Bertz CT molecular complexity index is 1680. The normalized spacial score (nSPS) is 11.5. The molecular weight excluding hydrogens is 412 g/mol. The second-order valence-electron chi connectivity index (χ2n) is 8.71. The molecule has 2 nitrogen and oxygen atoms in total. The van der Waals surface area contributed by atoms with Gasteiger partial charge in [0.1, 0.15) is 0 Å². The van der Waals surface area contributed by atoms with Crippen LogP contribution in [0.1, 0.15) is 0 Å². The monoisotopic (exact) mass is 432 g/mol. The van der Waals surface area contributed by atoms with Crippen molar-refractivity contribution in [2.24, 2.45) is 0 Å². The zero-order valence-corrected chi connectivity index (χ0v) is 18.4. The fourth-order valence-electron chi connectivity index (χ4n) is 5.07. The summed E-state index contributed by atoms with van der Waals surface area (Å²) in [6.45, 7) is 0. The first-order valence-corrected chi connectivity index (χ1v) is 11.5. The van der Waals surface area contributed by atoms with Crippen LogP contribution in [0.3, 0.4) is 0 Å². The molecule has 0 bridgehead atoms. The van der Waals surface area contributed by atoms with Gasteiger partial charge in [0, 0.05) is 11.1 Å². The summed E-state index contributed by atoms with van der Waals surface area (Å²) in [5.74, 6) is 0. The van der Waals surface area contributed by atoms with Gasteiger partial charge >= 0.3 is 0 Å². The number of fused-ring (bicyclic) bond motifs is 3. The van der Waals surface area contributed by atoms with E-state index in [-0.39, 0.29) is 0 Å². The largest absolute Gasteiger partial charge is 0.260 e. The maximum Gasteiger partial charge on any atom is 0.0892 e. The van der Waals surface area contributed by atoms with E-state index >= 15 is 0 Å². The maximum absolute atomic E-state index is 4.85. The highest BCUT2D eigenvalue weighted by atomic mass is 14.8. The molecule has 6 aromatic rings.